The van der Waals surface area contributed by atoms with Crippen molar-refractivity contribution >= 4 is 39.1 Å². The number of alkyl halides is 1. The maximum absolute atomic E-state index is 6.06. The van der Waals surface area contributed by atoms with Crippen molar-refractivity contribution in [3.05, 3.63) is 57.6 Å². The third-order valence-corrected chi connectivity index (χ3v) is 4.71. The van der Waals surface area contributed by atoms with Gasteiger partial charge in [0.2, 0.25) is 0 Å². The molecule has 2 rings (SSSR count). The first kappa shape index (κ1) is 15.5. The molecule has 106 valence electrons. The van der Waals surface area contributed by atoms with Crippen molar-refractivity contribution in [3.8, 4) is 11.5 Å². The summed E-state index contributed by atoms with van der Waals surface area (Å²) in [4.78, 5) is -0.0434. The highest BCUT2D eigenvalue weighted by Gasteiger charge is 2.17. The summed E-state index contributed by atoms with van der Waals surface area (Å²) in [7, 11) is 3.26. The predicted octanol–water partition coefficient (Wildman–Crippen LogP) is 5.49. The van der Waals surface area contributed by atoms with Crippen LogP contribution in [0, 0.1) is 0 Å². The minimum absolute atomic E-state index is 0.0434. The Balaban J connectivity index is 2.41. The van der Waals surface area contributed by atoms with E-state index >= 15 is 0 Å². The molecule has 0 fully saturated rings. The fraction of sp³-hybridized carbons (Fsp3) is 0.200. The molecule has 0 radical (unpaired) electrons. The van der Waals surface area contributed by atoms with Gasteiger partial charge in [0.25, 0.3) is 0 Å². The molecule has 0 aliphatic carbocycles. The van der Waals surface area contributed by atoms with Gasteiger partial charge in [-0.15, -0.1) is 0 Å². The molecule has 0 aliphatic heterocycles. The van der Waals surface area contributed by atoms with Gasteiger partial charge in [-0.3, -0.25) is 0 Å². The van der Waals surface area contributed by atoms with Gasteiger partial charge in [0, 0.05) is 11.6 Å². The van der Waals surface area contributed by atoms with E-state index in [2.05, 4.69) is 15.9 Å². The summed E-state index contributed by atoms with van der Waals surface area (Å²) < 4.78 is 10.6. The van der Waals surface area contributed by atoms with Gasteiger partial charge in [0.1, 0.15) is 11.5 Å². The van der Waals surface area contributed by atoms with Crippen molar-refractivity contribution in [2.75, 3.05) is 14.2 Å². The van der Waals surface area contributed by atoms with Crippen LogP contribution in [0.4, 0.5) is 0 Å². The minimum atomic E-state index is -0.0434. The van der Waals surface area contributed by atoms with Crippen LogP contribution in [-0.2, 0) is 0 Å². The number of halogens is 3. The molecule has 2 aromatic carbocycles. The Morgan fingerprint density at radius 2 is 1.70 bits per heavy atom. The van der Waals surface area contributed by atoms with Crippen molar-refractivity contribution in [1.29, 1.82) is 0 Å². The summed E-state index contributed by atoms with van der Waals surface area (Å²) in [6.07, 6.45) is 0. The molecule has 0 aliphatic rings. The first-order valence-corrected chi connectivity index (χ1v) is 7.55. The first-order chi connectivity index (χ1) is 9.56. The fourth-order valence-corrected chi connectivity index (χ4v) is 2.85. The Labute approximate surface area is 136 Å². The van der Waals surface area contributed by atoms with Crippen LogP contribution in [-0.4, -0.2) is 14.2 Å². The van der Waals surface area contributed by atoms with Crippen LogP contribution >= 0.6 is 39.1 Å². The van der Waals surface area contributed by atoms with E-state index in [9.17, 15) is 0 Å². The predicted molar refractivity (Wildman–Crippen MR) is 86.8 cm³/mol. The molecule has 2 aromatic rings. The lowest BCUT2D eigenvalue weighted by atomic mass is 10.0. The molecular formula is C15H13BrCl2O2. The van der Waals surface area contributed by atoms with E-state index in [1.807, 2.05) is 30.3 Å². The van der Waals surface area contributed by atoms with Crippen LogP contribution in [0.3, 0.4) is 0 Å². The Morgan fingerprint density at radius 3 is 2.30 bits per heavy atom. The molecule has 0 saturated heterocycles. The van der Waals surface area contributed by atoms with Crippen molar-refractivity contribution in [1.82, 2.24) is 0 Å². The van der Waals surface area contributed by atoms with E-state index < -0.39 is 0 Å². The highest BCUT2D eigenvalue weighted by Crippen LogP contribution is 2.39. The zero-order valence-corrected chi connectivity index (χ0v) is 14.1. The lowest BCUT2D eigenvalue weighted by molar-refractivity contribution is 0.391. The second-order valence-electron chi connectivity index (χ2n) is 4.14. The highest BCUT2D eigenvalue weighted by atomic mass is 79.9. The third-order valence-electron chi connectivity index (χ3n) is 2.95. The van der Waals surface area contributed by atoms with Crippen LogP contribution in [0.1, 0.15) is 16.0 Å². The molecule has 1 atom stereocenters. The Kier molecular flexibility index (Phi) is 5.19. The second kappa shape index (κ2) is 6.70. The Hall–Kier alpha value is -0.900. The normalized spacial score (nSPS) is 12.1. The van der Waals surface area contributed by atoms with Gasteiger partial charge in [-0.2, -0.15) is 0 Å². The molecule has 0 N–H and O–H groups in total. The van der Waals surface area contributed by atoms with Crippen molar-refractivity contribution in [2.45, 2.75) is 4.83 Å². The summed E-state index contributed by atoms with van der Waals surface area (Å²) in [5.74, 6) is 1.50. The Bertz CT molecular complexity index is 617. The summed E-state index contributed by atoms with van der Waals surface area (Å²) in [6, 6.07) is 11.2. The van der Waals surface area contributed by atoms with E-state index in [1.165, 1.54) is 0 Å². The molecule has 0 spiro atoms. The summed E-state index contributed by atoms with van der Waals surface area (Å²) in [5.41, 5.74) is 1.99. The third kappa shape index (κ3) is 3.22. The number of benzene rings is 2. The highest BCUT2D eigenvalue weighted by molar-refractivity contribution is 9.09. The molecule has 0 saturated carbocycles. The zero-order chi connectivity index (χ0) is 14.7. The van der Waals surface area contributed by atoms with E-state index in [0.717, 1.165) is 22.6 Å². The zero-order valence-electron chi connectivity index (χ0n) is 11.0. The molecule has 0 heterocycles. The maximum Gasteiger partial charge on any atom is 0.127 e. The number of hydrogen-bond donors (Lipinski definition) is 0. The van der Waals surface area contributed by atoms with Crippen LogP contribution in [0.15, 0.2) is 36.4 Å². The van der Waals surface area contributed by atoms with Gasteiger partial charge in [0.05, 0.1) is 29.1 Å². The summed E-state index contributed by atoms with van der Waals surface area (Å²) >= 11 is 15.7. The van der Waals surface area contributed by atoms with Crippen molar-refractivity contribution in [3.63, 3.8) is 0 Å². The number of rotatable bonds is 4. The lowest BCUT2D eigenvalue weighted by Crippen LogP contribution is -1.98. The van der Waals surface area contributed by atoms with Crippen LogP contribution < -0.4 is 9.47 Å². The SMILES string of the molecule is COc1ccc(C(Br)c2ccc(Cl)c(Cl)c2)c(OC)c1. The fourth-order valence-electron chi connectivity index (χ4n) is 1.88. The minimum Gasteiger partial charge on any atom is -0.497 e. The number of hydrogen-bond acceptors (Lipinski definition) is 2. The van der Waals surface area contributed by atoms with Crippen molar-refractivity contribution < 1.29 is 9.47 Å². The van der Waals surface area contributed by atoms with Crippen molar-refractivity contribution in [2.24, 2.45) is 0 Å². The van der Waals surface area contributed by atoms with E-state index in [0.29, 0.717) is 10.0 Å². The molecular weight excluding hydrogens is 363 g/mol. The maximum atomic E-state index is 6.06. The standard InChI is InChI=1S/C15H13BrCl2O2/c1-19-10-4-5-11(14(8-10)20-2)15(16)9-3-6-12(17)13(18)7-9/h3-8,15H,1-2H3. The molecule has 5 heteroatoms. The van der Waals surface area contributed by atoms with Crippen LogP contribution in [0.5, 0.6) is 11.5 Å². The topological polar surface area (TPSA) is 18.5 Å². The van der Waals surface area contributed by atoms with Gasteiger partial charge in [-0.05, 0) is 23.8 Å². The van der Waals surface area contributed by atoms with Crippen LogP contribution in [0.25, 0.3) is 0 Å². The quantitative estimate of drug-likeness (QED) is 0.657. The Morgan fingerprint density at radius 1 is 0.950 bits per heavy atom. The average Bonchev–Trinajstić information content (AvgIpc) is 2.48. The van der Waals surface area contributed by atoms with Crippen LogP contribution in [0.2, 0.25) is 10.0 Å². The number of methoxy groups -OCH3 is 2. The van der Waals surface area contributed by atoms with E-state index in [4.69, 9.17) is 32.7 Å². The molecule has 0 amide bonds. The first-order valence-electron chi connectivity index (χ1n) is 5.87. The summed E-state index contributed by atoms with van der Waals surface area (Å²) in [6.45, 7) is 0. The van der Waals surface area contributed by atoms with Gasteiger partial charge < -0.3 is 9.47 Å². The van der Waals surface area contributed by atoms with E-state index in [-0.39, 0.29) is 4.83 Å². The van der Waals surface area contributed by atoms with Gasteiger partial charge >= 0.3 is 0 Å². The van der Waals surface area contributed by atoms with Gasteiger partial charge in [-0.25, -0.2) is 0 Å². The smallest absolute Gasteiger partial charge is 0.127 e. The van der Waals surface area contributed by atoms with E-state index in [1.54, 1.807) is 20.3 Å². The second-order valence-corrected chi connectivity index (χ2v) is 5.87. The average molecular weight is 376 g/mol. The largest absolute Gasteiger partial charge is 0.497 e. The molecule has 20 heavy (non-hydrogen) atoms. The van der Waals surface area contributed by atoms with Gasteiger partial charge in [-0.1, -0.05) is 51.3 Å². The molecule has 0 bridgehead atoms. The lowest BCUT2D eigenvalue weighted by Gasteiger charge is -2.16. The molecule has 2 nitrogen and oxygen atoms in total. The van der Waals surface area contributed by atoms with Gasteiger partial charge in [0.15, 0.2) is 0 Å². The molecule has 0 aromatic heterocycles. The monoisotopic (exact) mass is 374 g/mol. The number of ether oxygens (including phenoxy) is 2. The summed E-state index contributed by atoms with van der Waals surface area (Å²) in [5, 5.41) is 1.07. The molecule has 1 unspecified atom stereocenters.